The van der Waals surface area contributed by atoms with Crippen LogP contribution in [0.5, 0.6) is 0 Å². The first-order chi connectivity index (χ1) is 14.5. The molecule has 6 heteroatoms. The minimum atomic E-state index is -0.0504. The van der Waals surface area contributed by atoms with Gasteiger partial charge in [0.25, 0.3) is 0 Å². The van der Waals surface area contributed by atoms with E-state index in [1.807, 2.05) is 50.4 Å². The lowest BCUT2D eigenvalue weighted by Gasteiger charge is -2.34. The van der Waals surface area contributed by atoms with Crippen molar-refractivity contribution in [2.45, 2.75) is 39.2 Å². The van der Waals surface area contributed by atoms with Crippen molar-refractivity contribution in [3.8, 4) is 11.3 Å². The molecule has 3 aromatic rings. The van der Waals surface area contributed by atoms with Crippen molar-refractivity contribution in [2.75, 3.05) is 18.4 Å². The van der Waals surface area contributed by atoms with Crippen LogP contribution in [0.2, 0.25) is 5.02 Å². The van der Waals surface area contributed by atoms with Crippen molar-refractivity contribution in [1.29, 1.82) is 0 Å². The fraction of sp³-hybridized carbons (Fsp3) is 0.333. The lowest BCUT2D eigenvalue weighted by atomic mass is 10.0. The fourth-order valence-corrected chi connectivity index (χ4v) is 4.57. The highest BCUT2D eigenvalue weighted by Gasteiger charge is 2.28. The number of halogens is 1. The molecule has 0 saturated carbocycles. The number of benzene rings is 2. The molecule has 5 nitrogen and oxygen atoms in total. The van der Waals surface area contributed by atoms with E-state index in [-0.39, 0.29) is 11.9 Å². The Bertz CT molecular complexity index is 1010. The van der Waals surface area contributed by atoms with Crippen LogP contribution in [0.4, 0.5) is 5.69 Å². The third kappa shape index (κ3) is 4.58. The van der Waals surface area contributed by atoms with Gasteiger partial charge in [-0.1, -0.05) is 54.4 Å². The Hall–Kier alpha value is -2.63. The van der Waals surface area contributed by atoms with Crippen molar-refractivity contribution >= 4 is 23.2 Å². The van der Waals surface area contributed by atoms with Crippen LogP contribution in [0.15, 0.2) is 48.7 Å². The van der Waals surface area contributed by atoms with E-state index >= 15 is 0 Å². The number of H-pyrrole nitrogens is 1. The van der Waals surface area contributed by atoms with Crippen LogP contribution in [0.3, 0.4) is 0 Å². The SMILES string of the molecule is Cc1cc(C)c(NC(=O)CN2CCCC[C@H]2c2ncc(-c3ccccc3)[nH]2)c(Cl)c1. The monoisotopic (exact) mass is 422 g/mol. The lowest BCUT2D eigenvalue weighted by molar-refractivity contribution is -0.118. The molecule has 1 aliphatic heterocycles. The van der Waals surface area contributed by atoms with Gasteiger partial charge in [-0.25, -0.2) is 4.98 Å². The van der Waals surface area contributed by atoms with E-state index in [1.54, 1.807) is 0 Å². The van der Waals surface area contributed by atoms with E-state index in [0.717, 1.165) is 54.0 Å². The molecule has 4 rings (SSSR count). The number of aryl methyl sites for hydroxylation is 2. The first-order valence-corrected chi connectivity index (χ1v) is 10.8. The molecule has 0 bridgehead atoms. The molecule has 1 aromatic heterocycles. The van der Waals surface area contributed by atoms with E-state index in [9.17, 15) is 4.79 Å². The number of likely N-dealkylation sites (tertiary alicyclic amines) is 1. The number of amides is 1. The van der Waals surface area contributed by atoms with E-state index < -0.39 is 0 Å². The average Bonchev–Trinajstić information content (AvgIpc) is 3.22. The fourth-order valence-electron chi connectivity index (χ4n) is 4.20. The van der Waals surface area contributed by atoms with E-state index in [1.165, 1.54) is 0 Å². The van der Waals surface area contributed by atoms with E-state index in [0.29, 0.717) is 17.3 Å². The summed E-state index contributed by atoms with van der Waals surface area (Å²) in [5.74, 6) is 0.872. The van der Waals surface area contributed by atoms with Crippen LogP contribution >= 0.6 is 11.6 Å². The topological polar surface area (TPSA) is 61.0 Å². The van der Waals surface area contributed by atoms with Gasteiger partial charge in [0, 0.05) is 0 Å². The van der Waals surface area contributed by atoms with E-state index in [2.05, 4.69) is 32.3 Å². The Kier molecular flexibility index (Phi) is 6.21. The minimum Gasteiger partial charge on any atom is -0.341 e. The van der Waals surface area contributed by atoms with Gasteiger partial charge in [0.1, 0.15) is 5.82 Å². The number of hydrogen-bond acceptors (Lipinski definition) is 3. The van der Waals surface area contributed by atoms with Crippen molar-refractivity contribution in [3.63, 3.8) is 0 Å². The molecule has 30 heavy (non-hydrogen) atoms. The molecule has 2 heterocycles. The number of carbonyl (C=O) groups excluding carboxylic acids is 1. The van der Waals surface area contributed by atoms with Gasteiger partial charge >= 0.3 is 0 Å². The van der Waals surface area contributed by atoms with Crippen LogP contribution < -0.4 is 5.32 Å². The number of aromatic amines is 1. The molecule has 0 radical (unpaired) electrons. The summed E-state index contributed by atoms with van der Waals surface area (Å²) in [4.78, 5) is 23.2. The quantitative estimate of drug-likeness (QED) is 0.569. The zero-order valence-corrected chi connectivity index (χ0v) is 18.2. The Labute approximate surface area is 182 Å². The van der Waals surface area contributed by atoms with E-state index in [4.69, 9.17) is 11.6 Å². The standard InChI is InChI=1S/C24H27ClN4O/c1-16-12-17(2)23(19(25)13-16)28-22(30)15-29-11-7-6-10-21(29)24-26-14-20(27-24)18-8-4-3-5-9-18/h3-5,8-9,12-14,21H,6-7,10-11,15H2,1-2H3,(H,26,27)(H,28,30)/t21-/m0/s1. The number of hydrogen-bond donors (Lipinski definition) is 2. The second-order valence-corrected chi connectivity index (χ2v) is 8.42. The molecule has 1 aliphatic rings. The van der Waals surface area contributed by atoms with Crippen LogP contribution in [-0.4, -0.2) is 33.9 Å². The molecule has 2 aromatic carbocycles. The van der Waals surface area contributed by atoms with Gasteiger partial charge in [-0.3, -0.25) is 9.69 Å². The Morgan fingerprint density at radius 3 is 2.80 bits per heavy atom. The first kappa shape index (κ1) is 20.6. The number of anilines is 1. The number of aromatic nitrogens is 2. The summed E-state index contributed by atoms with van der Waals surface area (Å²) in [6, 6.07) is 14.2. The second-order valence-electron chi connectivity index (χ2n) is 8.02. The molecule has 1 fully saturated rings. The maximum atomic E-state index is 12.8. The predicted octanol–water partition coefficient (Wildman–Crippen LogP) is 5.51. The van der Waals surface area contributed by atoms with Crippen molar-refractivity contribution in [2.24, 2.45) is 0 Å². The molecule has 1 atom stereocenters. The van der Waals surface area contributed by atoms with Crippen LogP contribution in [-0.2, 0) is 4.79 Å². The Morgan fingerprint density at radius 1 is 1.23 bits per heavy atom. The van der Waals surface area contributed by atoms with Crippen molar-refractivity contribution in [3.05, 3.63) is 70.6 Å². The summed E-state index contributed by atoms with van der Waals surface area (Å²) in [5, 5.41) is 3.59. The Morgan fingerprint density at radius 2 is 2.03 bits per heavy atom. The summed E-state index contributed by atoms with van der Waals surface area (Å²) in [6.45, 7) is 5.15. The molecule has 0 spiro atoms. The third-order valence-electron chi connectivity index (χ3n) is 5.65. The van der Waals surface area contributed by atoms with Gasteiger partial charge < -0.3 is 10.3 Å². The van der Waals surface area contributed by atoms with Gasteiger partial charge in [0.05, 0.1) is 35.2 Å². The van der Waals surface area contributed by atoms with Gasteiger partial charge in [0.15, 0.2) is 0 Å². The number of imidazole rings is 1. The number of carbonyl (C=O) groups is 1. The molecule has 0 unspecified atom stereocenters. The normalized spacial score (nSPS) is 17.1. The van der Waals surface area contributed by atoms with Gasteiger partial charge in [0.2, 0.25) is 5.91 Å². The summed E-state index contributed by atoms with van der Waals surface area (Å²) >= 11 is 6.36. The van der Waals surface area contributed by atoms with Crippen molar-refractivity contribution < 1.29 is 4.79 Å². The smallest absolute Gasteiger partial charge is 0.238 e. The number of nitrogens with one attached hydrogen (secondary N) is 2. The number of piperidine rings is 1. The number of nitrogens with zero attached hydrogens (tertiary/aromatic N) is 2. The van der Waals surface area contributed by atoms with Gasteiger partial charge in [-0.15, -0.1) is 0 Å². The molecular formula is C24H27ClN4O. The average molecular weight is 423 g/mol. The minimum absolute atomic E-state index is 0.0504. The zero-order chi connectivity index (χ0) is 21.1. The molecule has 2 N–H and O–H groups in total. The van der Waals surface area contributed by atoms with Crippen LogP contribution in [0.25, 0.3) is 11.3 Å². The summed E-state index contributed by atoms with van der Waals surface area (Å²) in [7, 11) is 0. The molecule has 0 aliphatic carbocycles. The maximum Gasteiger partial charge on any atom is 0.238 e. The molecule has 1 amide bonds. The first-order valence-electron chi connectivity index (χ1n) is 10.4. The van der Waals surface area contributed by atoms with Crippen LogP contribution in [0, 0.1) is 13.8 Å². The van der Waals surface area contributed by atoms with Gasteiger partial charge in [-0.2, -0.15) is 0 Å². The lowest BCUT2D eigenvalue weighted by Crippen LogP contribution is -2.39. The third-order valence-corrected chi connectivity index (χ3v) is 5.95. The summed E-state index contributed by atoms with van der Waals surface area (Å²) in [5.41, 5.74) is 4.87. The summed E-state index contributed by atoms with van der Waals surface area (Å²) in [6.07, 6.45) is 5.08. The van der Waals surface area contributed by atoms with Gasteiger partial charge in [-0.05, 0) is 56.0 Å². The Balaban J connectivity index is 1.48. The zero-order valence-electron chi connectivity index (χ0n) is 17.4. The molecular weight excluding hydrogens is 396 g/mol. The largest absolute Gasteiger partial charge is 0.341 e. The summed E-state index contributed by atoms with van der Waals surface area (Å²) < 4.78 is 0. The highest BCUT2D eigenvalue weighted by atomic mass is 35.5. The molecule has 1 saturated heterocycles. The van der Waals surface area contributed by atoms with Crippen molar-refractivity contribution in [1.82, 2.24) is 14.9 Å². The highest BCUT2D eigenvalue weighted by molar-refractivity contribution is 6.34. The van der Waals surface area contributed by atoms with Crippen LogP contribution in [0.1, 0.15) is 42.3 Å². The highest BCUT2D eigenvalue weighted by Crippen LogP contribution is 2.31. The maximum absolute atomic E-state index is 12.8. The number of rotatable bonds is 5. The second kappa shape index (κ2) is 9.02. The molecule has 156 valence electrons. The predicted molar refractivity (Wildman–Crippen MR) is 122 cm³/mol.